The highest BCUT2D eigenvalue weighted by Crippen LogP contribution is 2.30. The standard InChI is InChI=1S/C11H14FNO2/c1-15-10-3-2-8(6-9(10)12)11(14)4-5-13-7-11/h2-3,6,13-14H,4-5,7H2,1H3. The third-order valence-electron chi connectivity index (χ3n) is 2.82. The molecule has 0 aromatic heterocycles. The van der Waals surface area contributed by atoms with Crippen LogP contribution in [0.15, 0.2) is 18.2 Å². The van der Waals surface area contributed by atoms with Gasteiger partial charge >= 0.3 is 0 Å². The van der Waals surface area contributed by atoms with Crippen molar-refractivity contribution < 1.29 is 14.2 Å². The van der Waals surface area contributed by atoms with Gasteiger partial charge in [0, 0.05) is 6.54 Å². The topological polar surface area (TPSA) is 41.5 Å². The average Bonchev–Trinajstić information content (AvgIpc) is 2.66. The van der Waals surface area contributed by atoms with Gasteiger partial charge in [-0.3, -0.25) is 0 Å². The van der Waals surface area contributed by atoms with E-state index in [9.17, 15) is 9.50 Å². The lowest BCUT2D eigenvalue weighted by Gasteiger charge is -2.22. The monoisotopic (exact) mass is 211 g/mol. The number of aliphatic hydroxyl groups is 1. The zero-order valence-corrected chi connectivity index (χ0v) is 8.59. The highest BCUT2D eigenvalue weighted by atomic mass is 19.1. The molecule has 82 valence electrons. The predicted molar refractivity (Wildman–Crippen MR) is 54.3 cm³/mol. The molecule has 3 nitrogen and oxygen atoms in total. The Bertz CT molecular complexity index is 362. The van der Waals surface area contributed by atoms with Crippen LogP contribution in [0.5, 0.6) is 5.75 Å². The summed E-state index contributed by atoms with van der Waals surface area (Å²) in [6, 6.07) is 4.59. The van der Waals surface area contributed by atoms with Crippen molar-refractivity contribution in [2.45, 2.75) is 12.0 Å². The number of rotatable bonds is 2. The molecule has 4 heteroatoms. The molecule has 1 atom stereocenters. The lowest BCUT2D eigenvalue weighted by atomic mass is 9.93. The summed E-state index contributed by atoms with van der Waals surface area (Å²) in [5.74, 6) is -0.233. The molecule has 1 aliphatic heterocycles. The number of benzene rings is 1. The lowest BCUT2D eigenvalue weighted by molar-refractivity contribution is 0.0583. The van der Waals surface area contributed by atoms with E-state index in [1.54, 1.807) is 12.1 Å². The normalized spacial score (nSPS) is 25.5. The first-order chi connectivity index (χ1) is 7.15. The Morgan fingerprint density at radius 1 is 1.53 bits per heavy atom. The van der Waals surface area contributed by atoms with Crippen LogP contribution in [-0.2, 0) is 5.60 Å². The van der Waals surface area contributed by atoms with Gasteiger partial charge in [-0.2, -0.15) is 0 Å². The minimum absolute atomic E-state index is 0.202. The second-order valence-corrected chi connectivity index (χ2v) is 3.81. The predicted octanol–water partition coefficient (Wildman–Crippen LogP) is 1.02. The molecule has 2 rings (SSSR count). The van der Waals surface area contributed by atoms with Crippen molar-refractivity contribution in [2.24, 2.45) is 0 Å². The smallest absolute Gasteiger partial charge is 0.165 e. The maximum Gasteiger partial charge on any atom is 0.165 e. The van der Waals surface area contributed by atoms with Gasteiger partial charge in [0.2, 0.25) is 0 Å². The van der Waals surface area contributed by atoms with Crippen LogP contribution < -0.4 is 10.1 Å². The molecular formula is C11H14FNO2. The van der Waals surface area contributed by atoms with E-state index >= 15 is 0 Å². The third kappa shape index (κ3) is 1.82. The second kappa shape index (κ2) is 3.79. The number of β-amino-alcohol motifs (C(OH)–C–C–N with tert-alkyl or cyclic N) is 1. The van der Waals surface area contributed by atoms with Gasteiger partial charge in [0.15, 0.2) is 11.6 Å². The van der Waals surface area contributed by atoms with Crippen molar-refractivity contribution in [1.82, 2.24) is 5.32 Å². The largest absolute Gasteiger partial charge is 0.494 e. The second-order valence-electron chi connectivity index (χ2n) is 3.81. The molecule has 1 unspecified atom stereocenters. The van der Waals surface area contributed by atoms with Crippen LogP contribution in [0.25, 0.3) is 0 Å². The van der Waals surface area contributed by atoms with E-state index in [4.69, 9.17) is 4.74 Å². The summed E-state index contributed by atoms with van der Waals surface area (Å²) in [5.41, 5.74) is -0.335. The van der Waals surface area contributed by atoms with Gasteiger partial charge in [0.1, 0.15) is 5.60 Å². The molecule has 1 saturated heterocycles. The maximum atomic E-state index is 13.4. The molecule has 1 aliphatic rings. The van der Waals surface area contributed by atoms with Crippen LogP contribution in [0, 0.1) is 5.82 Å². The summed E-state index contributed by atoms with van der Waals surface area (Å²) in [4.78, 5) is 0. The molecule has 15 heavy (non-hydrogen) atoms. The number of hydrogen-bond acceptors (Lipinski definition) is 3. The summed E-state index contributed by atoms with van der Waals surface area (Å²) in [7, 11) is 1.42. The molecule has 0 bridgehead atoms. The van der Waals surface area contributed by atoms with Crippen molar-refractivity contribution in [3.63, 3.8) is 0 Å². The summed E-state index contributed by atoms with van der Waals surface area (Å²) in [6.07, 6.45) is 0.610. The Balaban J connectivity index is 2.33. The first-order valence-electron chi connectivity index (χ1n) is 4.93. The van der Waals surface area contributed by atoms with Gasteiger partial charge in [-0.05, 0) is 30.7 Å². The fraction of sp³-hybridized carbons (Fsp3) is 0.455. The number of methoxy groups -OCH3 is 1. The molecular weight excluding hydrogens is 197 g/mol. The van der Waals surface area contributed by atoms with Gasteiger partial charge in [-0.1, -0.05) is 6.07 Å². The zero-order valence-electron chi connectivity index (χ0n) is 8.59. The molecule has 2 N–H and O–H groups in total. The fourth-order valence-corrected chi connectivity index (χ4v) is 1.88. The van der Waals surface area contributed by atoms with E-state index < -0.39 is 11.4 Å². The van der Waals surface area contributed by atoms with E-state index in [0.717, 1.165) is 6.54 Å². The molecule has 0 aliphatic carbocycles. The van der Waals surface area contributed by atoms with Crippen LogP contribution in [0.4, 0.5) is 4.39 Å². The number of nitrogens with one attached hydrogen (secondary N) is 1. The van der Waals surface area contributed by atoms with Crippen molar-refractivity contribution in [2.75, 3.05) is 20.2 Å². The Morgan fingerprint density at radius 2 is 2.33 bits per heavy atom. The highest BCUT2D eigenvalue weighted by Gasteiger charge is 2.33. The average molecular weight is 211 g/mol. The minimum atomic E-state index is -0.937. The Kier molecular flexibility index (Phi) is 2.63. The third-order valence-corrected chi connectivity index (χ3v) is 2.82. The maximum absolute atomic E-state index is 13.4. The van der Waals surface area contributed by atoms with Gasteiger partial charge in [0.05, 0.1) is 7.11 Å². The molecule has 0 spiro atoms. The van der Waals surface area contributed by atoms with Crippen molar-refractivity contribution in [3.8, 4) is 5.75 Å². The summed E-state index contributed by atoms with van der Waals surface area (Å²) < 4.78 is 18.2. The van der Waals surface area contributed by atoms with Gasteiger partial charge in [-0.25, -0.2) is 4.39 Å². The molecule has 1 aromatic carbocycles. The molecule has 0 amide bonds. The minimum Gasteiger partial charge on any atom is -0.494 e. The summed E-state index contributed by atoms with van der Waals surface area (Å²) in [5, 5.41) is 13.2. The van der Waals surface area contributed by atoms with Crippen LogP contribution in [0.2, 0.25) is 0 Å². The number of halogens is 1. The first kappa shape index (κ1) is 10.4. The van der Waals surface area contributed by atoms with Gasteiger partial charge in [-0.15, -0.1) is 0 Å². The summed E-state index contributed by atoms with van der Waals surface area (Å²) in [6.45, 7) is 1.23. The van der Waals surface area contributed by atoms with Gasteiger partial charge < -0.3 is 15.2 Å². The van der Waals surface area contributed by atoms with Gasteiger partial charge in [0.25, 0.3) is 0 Å². The highest BCUT2D eigenvalue weighted by molar-refractivity contribution is 5.33. The Hall–Kier alpha value is -1.13. The van der Waals surface area contributed by atoms with E-state index in [1.807, 2.05) is 0 Å². The molecule has 1 aromatic rings. The van der Waals surface area contributed by atoms with Crippen LogP contribution in [0.3, 0.4) is 0 Å². The van der Waals surface area contributed by atoms with Crippen LogP contribution >= 0.6 is 0 Å². The van der Waals surface area contributed by atoms with E-state index in [0.29, 0.717) is 18.5 Å². The number of ether oxygens (including phenoxy) is 1. The van der Waals surface area contributed by atoms with Crippen molar-refractivity contribution in [3.05, 3.63) is 29.6 Å². The van der Waals surface area contributed by atoms with Crippen LogP contribution in [0.1, 0.15) is 12.0 Å². The van der Waals surface area contributed by atoms with E-state index in [-0.39, 0.29) is 5.75 Å². The van der Waals surface area contributed by atoms with Crippen molar-refractivity contribution in [1.29, 1.82) is 0 Å². The number of hydrogen-bond donors (Lipinski definition) is 2. The molecule has 0 radical (unpaired) electrons. The molecule has 1 fully saturated rings. The van der Waals surface area contributed by atoms with E-state index in [1.165, 1.54) is 13.2 Å². The Morgan fingerprint density at radius 3 is 2.87 bits per heavy atom. The van der Waals surface area contributed by atoms with Crippen molar-refractivity contribution >= 4 is 0 Å². The van der Waals surface area contributed by atoms with Crippen LogP contribution in [-0.4, -0.2) is 25.3 Å². The Labute approximate surface area is 87.9 Å². The lowest BCUT2D eigenvalue weighted by Crippen LogP contribution is -2.28. The molecule has 0 saturated carbocycles. The zero-order chi connectivity index (χ0) is 10.9. The summed E-state index contributed by atoms with van der Waals surface area (Å²) >= 11 is 0. The molecule has 1 heterocycles. The SMILES string of the molecule is COc1ccc(C2(O)CCNC2)cc1F. The fourth-order valence-electron chi connectivity index (χ4n) is 1.88. The first-order valence-corrected chi connectivity index (χ1v) is 4.93. The quantitative estimate of drug-likeness (QED) is 0.767. The van der Waals surface area contributed by atoms with E-state index in [2.05, 4.69) is 5.32 Å².